The Labute approximate surface area is 137 Å². The summed E-state index contributed by atoms with van der Waals surface area (Å²) in [5.74, 6) is 1.09. The minimum atomic E-state index is -0.323. The smallest absolute Gasteiger partial charge is 0.156 e. The van der Waals surface area contributed by atoms with E-state index in [1.54, 1.807) is 0 Å². The van der Waals surface area contributed by atoms with Crippen LogP contribution in [0.2, 0.25) is 0 Å². The number of hydrogen-bond acceptors (Lipinski definition) is 4. The highest BCUT2D eigenvalue weighted by Crippen LogP contribution is 2.61. The molecule has 0 amide bonds. The third kappa shape index (κ3) is 2.11. The quantitative estimate of drug-likeness (QED) is 0.605. The Hall–Kier alpha value is -0.970. The number of hydrogen-bond donors (Lipinski definition) is 2. The third-order valence-corrected chi connectivity index (χ3v) is 7.15. The minimum absolute atomic E-state index is 0.117. The molecule has 0 heterocycles. The summed E-state index contributed by atoms with van der Waals surface area (Å²) < 4.78 is 0. The van der Waals surface area contributed by atoms with Crippen LogP contribution in [0.3, 0.4) is 0 Å². The van der Waals surface area contributed by atoms with Gasteiger partial charge in [0.15, 0.2) is 5.78 Å². The lowest BCUT2D eigenvalue weighted by atomic mass is 9.55. The highest BCUT2D eigenvalue weighted by Gasteiger charge is 2.58. The van der Waals surface area contributed by atoms with E-state index in [4.69, 9.17) is 4.89 Å². The SMILES string of the molecule is CC[C@]12C[C@H](OO)C3=C4CCC(=O)C=C4CC[C@H]3[C@@H]1CC[C@@H]2O. The molecule has 4 rings (SSSR count). The molecule has 2 fully saturated rings. The molecule has 4 aliphatic carbocycles. The molecule has 23 heavy (non-hydrogen) atoms. The Morgan fingerprint density at radius 3 is 2.83 bits per heavy atom. The van der Waals surface area contributed by atoms with E-state index in [1.165, 1.54) is 11.1 Å². The standard InChI is InChI=1S/C19H26O4/c1-2-19-10-16(23-22)18-13-6-4-12(20)9-11(13)3-5-14(18)15(19)7-8-17(19)21/h9,14-17,21-22H,2-8,10H2,1H3/t14-,15-,16-,17-,19-/m0/s1. The fourth-order valence-electron chi connectivity index (χ4n) is 6.10. The van der Waals surface area contributed by atoms with Crippen LogP contribution in [0.1, 0.15) is 58.3 Å². The second kappa shape index (κ2) is 5.54. The van der Waals surface area contributed by atoms with Gasteiger partial charge in [-0.1, -0.05) is 6.92 Å². The van der Waals surface area contributed by atoms with Gasteiger partial charge in [0.25, 0.3) is 0 Å². The highest BCUT2D eigenvalue weighted by atomic mass is 17.1. The van der Waals surface area contributed by atoms with Crippen molar-refractivity contribution in [1.29, 1.82) is 0 Å². The van der Waals surface area contributed by atoms with Gasteiger partial charge < -0.3 is 5.11 Å². The number of carbonyl (C=O) groups is 1. The van der Waals surface area contributed by atoms with E-state index in [0.29, 0.717) is 24.7 Å². The van der Waals surface area contributed by atoms with E-state index in [-0.39, 0.29) is 23.4 Å². The summed E-state index contributed by atoms with van der Waals surface area (Å²) in [6.07, 6.45) is 8.05. The van der Waals surface area contributed by atoms with Crippen LogP contribution in [0, 0.1) is 17.3 Å². The molecule has 4 aliphatic rings. The van der Waals surface area contributed by atoms with Gasteiger partial charge in [-0.2, -0.15) is 0 Å². The summed E-state index contributed by atoms with van der Waals surface area (Å²) in [6.45, 7) is 2.15. The molecule has 126 valence electrons. The minimum Gasteiger partial charge on any atom is -0.393 e. The predicted octanol–water partition coefficient (Wildman–Crippen LogP) is 3.41. The lowest BCUT2D eigenvalue weighted by Crippen LogP contribution is -2.49. The topological polar surface area (TPSA) is 66.8 Å². The first-order valence-electron chi connectivity index (χ1n) is 9.05. The van der Waals surface area contributed by atoms with Crippen molar-refractivity contribution >= 4 is 5.78 Å². The molecule has 0 saturated heterocycles. The van der Waals surface area contributed by atoms with Gasteiger partial charge in [-0.05, 0) is 79.6 Å². The van der Waals surface area contributed by atoms with Crippen molar-refractivity contribution in [2.24, 2.45) is 17.3 Å². The van der Waals surface area contributed by atoms with Crippen molar-refractivity contribution in [3.8, 4) is 0 Å². The summed E-state index contributed by atoms with van der Waals surface area (Å²) in [5.41, 5.74) is 3.55. The van der Waals surface area contributed by atoms with Crippen molar-refractivity contribution in [2.45, 2.75) is 70.5 Å². The van der Waals surface area contributed by atoms with Crippen LogP contribution in [0.4, 0.5) is 0 Å². The third-order valence-electron chi connectivity index (χ3n) is 7.15. The van der Waals surface area contributed by atoms with Crippen LogP contribution >= 0.6 is 0 Å². The summed E-state index contributed by atoms with van der Waals surface area (Å²) in [4.78, 5) is 16.7. The average molecular weight is 318 g/mol. The van der Waals surface area contributed by atoms with E-state index in [2.05, 4.69) is 6.92 Å². The molecule has 4 nitrogen and oxygen atoms in total. The zero-order valence-corrected chi connectivity index (χ0v) is 13.8. The average Bonchev–Trinajstić information content (AvgIpc) is 2.90. The Balaban J connectivity index is 1.81. The molecule has 0 aromatic carbocycles. The number of allylic oxidation sites excluding steroid dienone is 3. The first-order chi connectivity index (χ1) is 11.1. The number of rotatable bonds is 2. The number of carbonyl (C=O) groups excluding carboxylic acids is 1. The Bertz CT molecular complexity index is 590. The number of ketones is 1. The zero-order valence-electron chi connectivity index (χ0n) is 13.8. The molecular formula is C19H26O4. The lowest BCUT2D eigenvalue weighted by molar-refractivity contribution is -0.285. The van der Waals surface area contributed by atoms with Gasteiger partial charge in [-0.15, -0.1) is 0 Å². The summed E-state index contributed by atoms with van der Waals surface area (Å²) in [7, 11) is 0. The molecule has 2 saturated carbocycles. The molecule has 0 radical (unpaired) electrons. The maximum Gasteiger partial charge on any atom is 0.156 e. The van der Waals surface area contributed by atoms with Crippen LogP contribution in [0.25, 0.3) is 0 Å². The van der Waals surface area contributed by atoms with Crippen molar-refractivity contribution < 1.29 is 20.0 Å². The first-order valence-corrected chi connectivity index (χ1v) is 9.05. The summed E-state index contributed by atoms with van der Waals surface area (Å²) in [5, 5.41) is 20.2. The predicted molar refractivity (Wildman–Crippen MR) is 85.6 cm³/mol. The maximum atomic E-state index is 11.7. The van der Waals surface area contributed by atoms with Crippen LogP contribution < -0.4 is 0 Å². The molecule has 0 unspecified atom stereocenters. The molecular weight excluding hydrogens is 292 g/mol. The molecule has 4 heteroatoms. The number of fused-ring (bicyclic) bond motifs is 4. The lowest BCUT2D eigenvalue weighted by Gasteiger charge is -2.51. The molecule has 0 aromatic heterocycles. The van der Waals surface area contributed by atoms with Gasteiger partial charge in [-0.3, -0.25) is 10.1 Å². The Kier molecular flexibility index (Phi) is 3.74. The molecule has 0 bridgehead atoms. The summed E-state index contributed by atoms with van der Waals surface area (Å²) >= 11 is 0. The van der Waals surface area contributed by atoms with Crippen molar-refractivity contribution in [1.82, 2.24) is 0 Å². The number of aliphatic hydroxyl groups is 1. The molecule has 0 aromatic rings. The molecule has 0 aliphatic heterocycles. The van der Waals surface area contributed by atoms with E-state index < -0.39 is 0 Å². The van der Waals surface area contributed by atoms with Crippen LogP contribution in [0.5, 0.6) is 0 Å². The van der Waals surface area contributed by atoms with Gasteiger partial charge in [0, 0.05) is 11.8 Å². The largest absolute Gasteiger partial charge is 0.393 e. The fraction of sp³-hybridized carbons (Fsp3) is 0.737. The van der Waals surface area contributed by atoms with Gasteiger partial charge in [0.05, 0.1) is 6.10 Å². The normalized spacial score (nSPS) is 42.9. The van der Waals surface area contributed by atoms with Gasteiger partial charge in [-0.25, -0.2) is 4.89 Å². The highest BCUT2D eigenvalue weighted by molar-refractivity contribution is 5.93. The molecule has 0 spiro atoms. The van der Waals surface area contributed by atoms with E-state index in [9.17, 15) is 15.2 Å². The van der Waals surface area contributed by atoms with Crippen molar-refractivity contribution in [2.75, 3.05) is 0 Å². The Morgan fingerprint density at radius 2 is 2.09 bits per heavy atom. The number of aliphatic hydroxyl groups excluding tert-OH is 1. The van der Waals surface area contributed by atoms with E-state index in [1.807, 2.05) is 6.08 Å². The van der Waals surface area contributed by atoms with E-state index >= 15 is 0 Å². The van der Waals surface area contributed by atoms with E-state index in [0.717, 1.165) is 44.1 Å². The van der Waals surface area contributed by atoms with Crippen LogP contribution in [-0.2, 0) is 9.68 Å². The van der Waals surface area contributed by atoms with Crippen LogP contribution in [-0.4, -0.2) is 28.4 Å². The Morgan fingerprint density at radius 1 is 1.26 bits per heavy atom. The summed E-state index contributed by atoms with van der Waals surface area (Å²) in [6, 6.07) is 0. The molecule has 5 atom stereocenters. The van der Waals surface area contributed by atoms with Gasteiger partial charge >= 0.3 is 0 Å². The van der Waals surface area contributed by atoms with Crippen LogP contribution in [0.15, 0.2) is 22.8 Å². The van der Waals surface area contributed by atoms with Gasteiger partial charge in [0.2, 0.25) is 0 Å². The monoisotopic (exact) mass is 318 g/mol. The van der Waals surface area contributed by atoms with Crippen molar-refractivity contribution in [3.05, 3.63) is 22.8 Å². The first kappa shape index (κ1) is 15.6. The van der Waals surface area contributed by atoms with Crippen molar-refractivity contribution in [3.63, 3.8) is 0 Å². The van der Waals surface area contributed by atoms with Gasteiger partial charge in [0.1, 0.15) is 6.10 Å². The zero-order chi connectivity index (χ0) is 16.2. The second-order valence-corrected chi connectivity index (χ2v) is 7.80. The maximum absolute atomic E-state index is 11.7. The molecule has 2 N–H and O–H groups in total. The fourth-order valence-corrected chi connectivity index (χ4v) is 6.10. The second-order valence-electron chi connectivity index (χ2n) is 7.80.